The lowest BCUT2D eigenvalue weighted by Gasteiger charge is -2.27. The van der Waals surface area contributed by atoms with Crippen molar-refractivity contribution in [1.29, 1.82) is 0 Å². The summed E-state index contributed by atoms with van der Waals surface area (Å²) in [5, 5.41) is 0. The average molecular weight is 321 g/mol. The molecule has 0 radical (unpaired) electrons. The van der Waals surface area contributed by atoms with Crippen LogP contribution < -0.4 is 0 Å². The van der Waals surface area contributed by atoms with E-state index in [0.29, 0.717) is 18.4 Å². The zero-order valence-corrected chi connectivity index (χ0v) is 14.2. The maximum Gasteiger partial charge on any atom is 0.220 e. The van der Waals surface area contributed by atoms with Crippen LogP contribution in [0.25, 0.3) is 0 Å². The Hall–Kier alpha value is -1.40. The zero-order chi connectivity index (χ0) is 16.2. The van der Waals surface area contributed by atoms with E-state index in [2.05, 4.69) is 9.88 Å². The summed E-state index contributed by atoms with van der Waals surface area (Å²) in [6.07, 6.45) is 4.77. The van der Waals surface area contributed by atoms with Gasteiger partial charge in [0.15, 0.2) is 0 Å². The van der Waals surface area contributed by atoms with Gasteiger partial charge in [0.05, 0.1) is 19.3 Å². The first kappa shape index (κ1) is 16.5. The molecule has 128 valence electrons. The Morgan fingerprint density at radius 2 is 2.35 bits per heavy atom. The van der Waals surface area contributed by atoms with Crippen molar-refractivity contribution < 1.29 is 13.9 Å². The average Bonchev–Trinajstić information content (AvgIpc) is 3.26. The summed E-state index contributed by atoms with van der Waals surface area (Å²) < 4.78 is 11.1. The number of nitrogens with zero attached hydrogens (tertiary/aromatic N) is 3. The Labute approximate surface area is 137 Å². The molecule has 1 aromatic heterocycles. The molecule has 3 heterocycles. The van der Waals surface area contributed by atoms with Gasteiger partial charge >= 0.3 is 0 Å². The molecule has 0 aromatic carbocycles. The molecule has 2 fully saturated rings. The molecule has 1 amide bonds. The highest BCUT2D eigenvalue weighted by atomic mass is 16.5. The van der Waals surface area contributed by atoms with Crippen molar-refractivity contribution in [3.8, 4) is 0 Å². The van der Waals surface area contributed by atoms with Gasteiger partial charge in [-0.2, -0.15) is 0 Å². The molecule has 23 heavy (non-hydrogen) atoms. The lowest BCUT2D eigenvalue weighted by atomic mass is 10.1. The number of rotatable bonds is 6. The minimum absolute atomic E-state index is 0.0947. The summed E-state index contributed by atoms with van der Waals surface area (Å²) in [5.41, 5.74) is 0. The largest absolute Gasteiger partial charge is 0.444 e. The van der Waals surface area contributed by atoms with Crippen LogP contribution in [0.5, 0.6) is 0 Å². The van der Waals surface area contributed by atoms with Gasteiger partial charge in [0, 0.05) is 45.6 Å². The van der Waals surface area contributed by atoms with Gasteiger partial charge in [0.1, 0.15) is 5.76 Å². The zero-order valence-electron chi connectivity index (χ0n) is 14.2. The minimum Gasteiger partial charge on any atom is -0.444 e. The lowest BCUT2D eigenvalue weighted by molar-refractivity contribution is -0.132. The summed E-state index contributed by atoms with van der Waals surface area (Å²) >= 11 is 0. The lowest BCUT2D eigenvalue weighted by Crippen LogP contribution is -2.41. The number of likely N-dealkylation sites (tertiary alicyclic amines) is 1. The molecule has 2 atom stereocenters. The minimum atomic E-state index is 0.0947. The maximum absolute atomic E-state index is 12.1. The highest BCUT2D eigenvalue weighted by Gasteiger charge is 2.31. The summed E-state index contributed by atoms with van der Waals surface area (Å²) in [7, 11) is 0. The molecule has 2 aliphatic rings. The van der Waals surface area contributed by atoms with E-state index in [0.717, 1.165) is 57.9 Å². The third-order valence-corrected chi connectivity index (χ3v) is 4.89. The fraction of sp³-hybridized carbons (Fsp3) is 0.765. The van der Waals surface area contributed by atoms with Crippen LogP contribution in [-0.4, -0.2) is 59.6 Å². The molecule has 0 saturated carbocycles. The number of hydrogen-bond acceptors (Lipinski definition) is 5. The van der Waals surface area contributed by atoms with E-state index >= 15 is 0 Å². The number of aromatic nitrogens is 1. The van der Waals surface area contributed by atoms with Crippen LogP contribution >= 0.6 is 0 Å². The maximum atomic E-state index is 12.1. The SMILES string of the molecule is CCc1cnc(CN(C(C)=O)[C@H]2CCN(C[C@H]3CCOC3)C2)o1. The Morgan fingerprint density at radius 1 is 1.48 bits per heavy atom. The topological polar surface area (TPSA) is 58.8 Å². The number of carbonyl (C=O) groups is 1. The van der Waals surface area contributed by atoms with Crippen molar-refractivity contribution in [1.82, 2.24) is 14.8 Å². The Morgan fingerprint density at radius 3 is 3.00 bits per heavy atom. The van der Waals surface area contributed by atoms with E-state index in [9.17, 15) is 4.79 Å². The number of amides is 1. The van der Waals surface area contributed by atoms with Crippen LogP contribution in [0.4, 0.5) is 0 Å². The second-order valence-electron chi connectivity index (χ2n) is 6.65. The van der Waals surface area contributed by atoms with Crippen LogP contribution in [0, 0.1) is 5.92 Å². The second-order valence-corrected chi connectivity index (χ2v) is 6.65. The molecule has 6 heteroatoms. The predicted molar refractivity (Wildman–Crippen MR) is 85.9 cm³/mol. The molecule has 0 aliphatic carbocycles. The first-order valence-electron chi connectivity index (χ1n) is 8.66. The van der Waals surface area contributed by atoms with Crippen LogP contribution in [0.15, 0.2) is 10.6 Å². The third kappa shape index (κ3) is 4.12. The number of ether oxygens (including phenoxy) is 1. The third-order valence-electron chi connectivity index (χ3n) is 4.89. The molecular weight excluding hydrogens is 294 g/mol. The van der Waals surface area contributed by atoms with Crippen molar-refractivity contribution in [3.63, 3.8) is 0 Å². The molecular formula is C17H27N3O3. The molecule has 0 unspecified atom stereocenters. The summed E-state index contributed by atoms with van der Waals surface area (Å²) in [5.74, 6) is 2.26. The Kier molecular flexibility index (Phi) is 5.33. The molecule has 1 aromatic rings. The normalized spacial score (nSPS) is 25.1. The van der Waals surface area contributed by atoms with Gasteiger partial charge in [-0.05, 0) is 18.8 Å². The Balaban J connectivity index is 1.56. The highest BCUT2D eigenvalue weighted by Crippen LogP contribution is 2.22. The van der Waals surface area contributed by atoms with E-state index < -0.39 is 0 Å². The van der Waals surface area contributed by atoms with E-state index in [-0.39, 0.29) is 11.9 Å². The molecule has 2 aliphatic heterocycles. The van der Waals surface area contributed by atoms with Gasteiger partial charge in [0.2, 0.25) is 11.8 Å². The fourth-order valence-corrected chi connectivity index (χ4v) is 3.55. The molecule has 0 bridgehead atoms. The van der Waals surface area contributed by atoms with Crippen molar-refractivity contribution in [2.24, 2.45) is 5.92 Å². The van der Waals surface area contributed by atoms with Gasteiger partial charge in [-0.3, -0.25) is 4.79 Å². The van der Waals surface area contributed by atoms with Crippen molar-refractivity contribution in [2.75, 3.05) is 32.8 Å². The quantitative estimate of drug-likeness (QED) is 0.798. The highest BCUT2D eigenvalue weighted by molar-refractivity contribution is 5.73. The van der Waals surface area contributed by atoms with Gasteiger partial charge < -0.3 is 19.0 Å². The van der Waals surface area contributed by atoms with Crippen LogP contribution in [0.1, 0.15) is 38.3 Å². The number of hydrogen-bond donors (Lipinski definition) is 0. The molecule has 0 spiro atoms. The van der Waals surface area contributed by atoms with Gasteiger partial charge in [-0.25, -0.2) is 4.98 Å². The smallest absolute Gasteiger partial charge is 0.220 e. The van der Waals surface area contributed by atoms with Gasteiger partial charge in [0.25, 0.3) is 0 Å². The fourth-order valence-electron chi connectivity index (χ4n) is 3.55. The van der Waals surface area contributed by atoms with Gasteiger partial charge in [-0.1, -0.05) is 6.92 Å². The second kappa shape index (κ2) is 7.45. The molecule has 3 rings (SSSR count). The van der Waals surface area contributed by atoms with E-state index in [4.69, 9.17) is 9.15 Å². The number of oxazole rings is 1. The first-order chi connectivity index (χ1) is 11.2. The van der Waals surface area contributed by atoms with E-state index in [1.807, 2.05) is 11.8 Å². The van der Waals surface area contributed by atoms with Crippen LogP contribution in [0.3, 0.4) is 0 Å². The van der Waals surface area contributed by atoms with Crippen molar-refractivity contribution in [2.45, 2.75) is 45.7 Å². The predicted octanol–water partition coefficient (Wildman–Crippen LogP) is 1.70. The number of carbonyl (C=O) groups excluding carboxylic acids is 1. The summed E-state index contributed by atoms with van der Waals surface area (Å²) in [6, 6.07) is 0.256. The monoisotopic (exact) mass is 321 g/mol. The van der Waals surface area contributed by atoms with Crippen molar-refractivity contribution in [3.05, 3.63) is 17.8 Å². The Bertz CT molecular complexity index is 525. The van der Waals surface area contributed by atoms with Crippen LogP contribution in [-0.2, 0) is 22.5 Å². The molecule has 6 nitrogen and oxygen atoms in total. The van der Waals surface area contributed by atoms with Crippen molar-refractivity contribution >= 4 is 5.91 Å². The van der Waals surface area contributed by atoms with Gasteiger partial charge in [-0.15, -0.1) is 0 Å². The standard InChI is InChI=1S/C17H27N3O3/c1-3-16-8-18-17(23-16)11-20(13(2)21)15-4-6-19(10-15)9-14-5-7-22-12-14/h8,14-15H,3-7,9-12H2,1-2H3/t14-,15+/m1/s1. The van der Waals surface area contributed by atoms with E-state index in [1.54, 1.807) is 13.1 Å². The molecule has 2 saturated heterocycles. The summed E-state index contributed by atoms with van der Waals surface area (Å²) in [4.78, 5) is 20.8. The summed E-state index contributed by atoms with van der Waals surface area (Å²) in [6.45, 7) is 9.00. The van der Waals surface area contributed by atoms with E-state index in [1.165, 1.54) is 0 Å². The number of aryl methyl sites for hydroxylation is 1. The first-order valence-corrected chi connectivity index (χ1v) is 8.66. The van der Waals surface area contributed by atoms with Crippen LogP contribution in [0.2, 0.25) is 0 Å². The molecule has 0 N–H and O–H groups in total.